The molecule has 4 atom stereocenters. The smallest absolute Gasteiger partial charge is 0.00992 e. The van der Waals surface area contributed by atoms with Crippen LogP contribution < -0.4 is 5.73 Å². The maximum absolute atomic E-state index is 6.12. The monoisotopic (exact) mass is 209 g/mol. The minimum absolute atomic E-state index is 0.342. The summed E-state index contributed by atoms with van der Waals surface area (Å²) in [7, 11) is 0. The first-order valence-corrected chi connectivity index (χ1v) is 6.46. The standard InChI is InChI=1S/C14H27N/c1-6-12(13(15)7-2)8-9(3)14-10(4)11(14)5/h8,10-14H,6-7,15H2,1-5H3/b9-8+. The Balaban J connectivity index is 2.60. The summed E-state index contributed by atoms with van der Waals surface area (Å²) in [5.74, 6) is 3.19. The Labute approximate surface area is 95.1 Å². The normalized spacial score (nSPS) is 35.1. The van der Waals surface area contributed by atoms with Crippen molar-refractivity contribution in [1.82, 2.24) is 0 Å². The average molecular weight is 209 g/mol. The third kappa shape index (κ3) is 2.84. The van der Waals surface area contributed by atoms with E-state index in [1.165, 1.54) is 6.42 Å². The third-order valence-electron chi connectivity index (χ3n) is 4.32. The molecular weight excluding hydrogens is 182 g/mol. The van der Waals surface area contributed by atoms with Crippen molar-refractivity contribution in [2.45, 2.75) is 53.5 Å². The first kappa shape index (κ1) is 12.8. The summed E-state index contributed by atoms with van der Waals surface area (Å²) in [5.41, 5.74) is 7.70. The molecule has 1 heteroatoms. The molecule has 1 aliphatic rings. The van der Waals surface area contributed by atoms with Gasteiger partial charge in [0, 0.05) is 6.04 Å². The molecule has 1 rings (SSSR count). The number of hydrogen-bond donors (Lipinski definition) is 1. The van der Waals surface area contributed by atoms with E-state index in [4.69, 9.17) is 5.73 Å². The SMILES string of the molecule is CCC(N)C(/C=C(\C)C1C(C)C1C)CC. The van der Waals surface area contributed by atoms with Gasteiger partial charge in [-0.15, -0.1) is 0 Å². The van der Waals surface area contributed by atoms with Crippen molar-refractivity contribution in [3.8, 4) is 0 Å². The molecule has 0 radical (unpaired) electrons. The van der Waals surface area contributed by atoms with Crippen LogP contribution in [0.4, 0.5) is 0 Å². The molecule has 4 unspecified atom stereocenters. The van der Waals surface area contributed by atoms with Crippen LogP contribution in [0.5, 0.6) is 0 Å². The van der Waals surface area contributed by atoms with Crippen molar-refractivity contribution in [2.75, 3.05) is 0 Å². The average Bonchev–Trinajstić information content (AvgIpc) is 2.82. The Morgan fingerprint density at radius 1 is 1.20 bits per heavy atom. The van der Waals surface area contributed by atoms with Crippen molar-refractivity contribution in [3.05, 3.63) is 11.6 Å². The predicted octanol–water partition coefficient (Wildman–Crippen LogP) is 3.60. The molecule has 2 N–H and O–H groups in total. The van der Waals surface area contributed by atoms with E-state index in [0.29, 0.717) is 12.0 Å². The van der Waals surface area contributed by atoms with Crippen LogP contribution in [0.25, 0.3) is 0 Å². The van der Waals surface area contributed by atoms with E-state index in [2.05, 4.69) is 40.7 Å². The van der Waals surface area contributed by atoms with Gasteiger partial charge in [0.05, 0.1) is 0 Å². The number of nitrogens with two attached hydrogens (primary N) is 1. The summed E-state index contributed by atoms with van der Waals surface area (Å²) >= 11 is 0. The maximum Gasteiger partial charge on any atom is 0.00992 e. The third-order valence-corrected chi connectivity index (χ3v) is 4.32. The second kappa shape index (κ2) is 5.16. The molecule has 0 bridgehead atoms. The van der Waals surface area contributed by atoms with Gasteiger partial charge in [0.25, 0.3) is 0 Å². The Kier molecular flexibility index (Phi) is 4.39. The summed E-state index contributed by atoms with van der Waals surface area (Å²) < 4.78 is 0. The van der Waals surface area contributed by atoms with Crippen molar-refractivity contribution in [3.63, 3.8) is 0 Å². The molecule has 0 aromatic heterocycles. The second-order valence-electron chi connectivity index (χ2n) is 5.30. The van der Waals surface area contributed by atoms with E-state index >= 15 is 0 Å². The van der Waals surface area contributed by atoms with Gasteiger partial charge in [0.15, 0.2) is 0 Å². The molecule has 0 heterocycles. The summed E-state index contributed by atoms with van der Waals surface area (Å²) in [6.45, 7) is 11.4. The first-order valence-electron chi connectivity index (χ1n) is 6.46. The van der Waals surface area contributed by atoms with E-state index in [0.717, 1.165) is 24.2 Å². The van der Waals surface area contributed by atoms with Gasteiger partial charge < -0.3 is 5.73 Å². The van der Waals surface area contributed by atoms with Crippen LogP contribution in [0.15, 0.2) is 11.6 Å². The van der Waals surface area contributed by atoms with Crippen LogP contribution in [-0.2, 0) is 0 Å². The molecule has 0 spiro atoms. The minimum atomic E-state index is 0.342. The lowest BCUT2D eigenvalue weighted by atomic mass is 9.92. The lowest BCUT2D eigenvalue weighted by molar-refractivity contribution is 0.472. The van der Waals surface area contributed by atoms with Crippen LogP contribution in [0, 0.1) is 23.7 Å². The van der Waals surface area contributed by atoms with Gasteiger partial charge in [-0.3, -0.25) is 0 Å². The number of allylic oxidation sites excluding steroid dienone is 1. The Hall–Kier alpha value is -0.300. The molecule has 1 saturated carbocycles. The zero-order valence-electron chi connectivity index (χ0n) is 11.0. The fourth-order valence-electron chi connectivity index (χ4n) is 2.79. The van der Waals surface area contributed by atoms with Crippen molar-refractivity contribution in [1.29, 1.82) is 0 Å². The lowest BCUT2D eigenvalue weighted by Gasteiger charge is -2.18. The fourth-order valence-corrected chi connectivity index (χ4v) is 2.79. The molecule has 0 saturated heterocycles. The topological polar surface area (TPSA) is 26.0 Å². The van der Waals surface area contributed by atoms with Crippen LogP contribution >= 0.6 is 0 Å². The van der Waals surface area contributed by atoms with E-state index in [9.17, 15) is 0 Å². The van der Waals surface area contributed by atoms with Gasteiger partial charge in [0.2, 0.25) is 0 Å². The molecule has 0 amide bonds. The summed E-state index contributed by atoms with van der Waals surface area (Å²) in [5, 5.41) is 0. The van der Waals surface area contributed by atoms with E-state index in [1.54, 1.807) is 5.57 Å². The highest BCUT2D eigenvalue weighted by molar-refractivity contribution is 5.17. The Morgan fingerprint density at radius 3 is 2.07 bits per heavy atom. The second-order valence-corrected chi connectivity index (χ2v) is 5.30. The maximum atomic E-state index is 6.12. The fraction of sp³-hybridized carbons (Fsp3) is 0.857. The molecule has 0 aliphatic heterocycles. The Bertz CT molecular complexity index is 223. The highest BCUT2D eigenvalue weighted by atomic mass is 14.6. The molecule has 0 aromatic rings. The van der Waals surface area contributed by atoms with Crippen LogP contribution in [0.2, 0.25) is 0 Å². The van der Waals surface area contributed by atoms with Gasteiger partial charge in [0.1, 0.15) is 0 Å². The van der Waals surface area contributed by atoms with Crippen LogP contribution in [-0.4, -0.2) is 6.04 Å². The molecule has 88 valence electrons. The summed E-state index contributed by atoms with van der Waals surface area (Å²) in [4.78, 5) is 0. The van der Waals surface area contributed by atoms with E-state index in [1.807, 2.05) is 0 Å². The minimum Gasteiger partial charge on any atom is -0.327 e. The summed E-state index contributed by atoms with van der Waals surface area (Å²) in [6.07, 6.45) is 4.69. The van der Waals surface area contributed by atoms with Crippen molar-refractivity contribution in [2.24, 2.45) is 29.4 Å². The molecule has 1 aliphatic carbocycles. The molecular formula is C14H27N. The van der Waals surface area contributed by atoms with E-state index < -0.39 is 0 Å². The van der Waals surface area contributed by atoms with Gasteiger partial charge in [-0.05, 0) is 43.4 Å². The molecule has 15 heavy (non-hydrogen) atoms. The molecule has 0 aromatic carbocycles. The number of hydrogen-bond acceptors (Lipinski definition) is 1. The van der Waals surface area contributed by atoms with Gasteiger partial charge in [-0.1, -0.05) is 39.3 Å². The lowest BCUT2D eigenvalue weighted by Crippen LogP contribution is -2.27. The molecule has 1 nitrogen and oxygen atoms in total. The van der Waals surface area contributed by atoms with Crippen molar-refractivity contribution >= 4 is 0 Å². The molecule has 1 fully saturated rings. The van der Waals surface area contributed by atoms with Gasteiger partial charge >= 0.3 is 0 Å². The van der Waals surface area contributed by atoms with E-state index in [-0.39, 0.29) is 0 Å². The van der Waals surface area contributed by atoms with Crippen LogP contribution in [0.3, 0.4) is 0 Å². The zero-order chi connectivity index (χ0) is 11.6. The quantitative estimate of drug-likeness (QED) is 0.688. The van der Waals surface area contributed by atoms with Gasteiger partial charge in [-0.25, -0.2) is 0 Å². The summed E-state index contributed by atoms with van der Waals surface area (Å²) in [6, 6.07) is 0.342. The highest BCUT2D eigenvalue weighted by Crippen LogP contribution is 2.50. The predicted molar refractivity (Wildman–Crippen MR) is 67.6 cm³/mol. The van der Waals surface area contributed by atoms with Crippen molar-refractivity contribution < 1.29 is 0 Å². The van der Waals surface area contributed by atoms with Gasteiger partial charge in [-0.2, -0.15) is 0 Å². The highest BCUT2D eigenvalue weighted by Gasteiger charge is 2.43. The Morgan fingerprint density at radius 2 is 1.73 bits per heavy atom. The first-order chi connectivity index (χ1) is 7.02. The number of rotatable bonds is 5. The largest absolute Gasteiger partial charge is 0.327 e. The zero-order valence-corrected chi connectivity index (χ0v) is 11.0. The van der Waals surface area contributed by atoms with Crippen LogP contribution in [0.1, 0.15) is 47.5 Å².